The lowest BCUT2D eigenvalue weighted by Gasteiger charge is -2.49. The van der Waals surface area contributed by atoms with Gasteiger partial charge in [-0.2, -0.15) is 0 Å². The third-order valence-corrected chi connectivity index (χ3v) is 9.97. The molecule has 4 saturated heterocycles. The van der Waals surface area contributed by atoms with Gasteiger partial charge < -0.3 is 102 Å². The van der Waals surface area contributed by atoms with Crippen LogP contribution in [0.3, 0.4) is 0 Å². The van der Waals surface area contributed by atoms with E-state index >= 15 is 0 Å². The first-order valence-electron chi connectivity index (χ1n) is 16.5. The fraction of sp³-hybridized carbons (Fsp3) is 0.800. The fourth-order valence-corrected chi connectivity index (χ4v) is 7.01. The van der Waals surface area contributed by atoms with Crippen molar-refractivity contribution in [3.63, 3.8) is 0 Å². The molecular formula is C30H49N5O15. The standard InChI is InChI=1S/C30H49N5O15/c31-6-13-19(39)20(40)16(34)28(44-13)49-24-14(7-36)45-30(22(24)42)50-26-18(38)11(32)5-12(33)23(26)47-29-17(35)21(41)25-15(46-29)8-43-27(48-25)9-1-3-10(37)4-2-9/h1-4,11-30,36-42H,5-8,31-35H2/t11-,12+,13+,14+,15+,16-,17+,18+,19-,20-,21+,22+,23-,24+,25+,26-,27+,28-,29+,30-/m0/s1. The van der Waals surface area contributed by atoms with Crippen LogP contribution in [0.4, 0.5) is 0 Å². The molecule has 4 aliphatic heterocycles. The van der Waals surface area contributed by atoms with Gasteiger partial charge in [-0.1, -0.05) is 12.1 Å². The van der Waals surface area contributed by atoms with E-state index in [0.717, 1.165) is 0 Å². The fourth-order valence-electron chi connectivity index (χ4n) is 7.01. The van der Waals surface area contributed by atoms with E-state index in [1.54, 1.807) is 12.1 Å². The van der Waals surface area contributed by atoms with Crippen molar-refractivity contribution in [1.29, 1.82) is 0 Å². The van der Waals surface area contributed by atoms with E-state index in [0.29, 0.717) is 5.56 Å². The van der Waals surface area contributed by atoms with Gasteiger partial charge in [-0.05, 0) is 18.6 Å². The zero-order valence-corrected chi connectivity index (χ0v) is 27.0. The van der Waals surface area contributed by atoms with E-state index in [-0.39, 0.29) is 25.3 Å². The van der Waals surface area contributed by atoms with E-state index < -0.39 is 129 Å². The van der Waals surface area contributed by atoms with Gasteiger partial charge in [0.2, 0.25) is 0 Å². The molecule has 1 aromatic carbocycles. The molecule has 0 bridgehead atoms. The number of aliphatic hydroxyl groups is 6. The maximum atomic E-state index is 11.3. The first-order chi connectivity index (χ1) is 23.8. The zero-order valence-electron chi connectivity index (χ0n) is 27.0. The molecule has 0 aromatic heterocycles. The second-order valence-electron chi connectivity index (χ2n) is 13.4. The minimum absolute atomic E-state index is 0.00752. The Morgan fingerprint density at radius 2 is 1.28 bits per heavy atom. The number of hydrogen-bond acceptors (Lipinski definition) is 20. The summed E-state index contributed by atoms with van der Waals surface area (Å²) in [5, 5.41) is 73.9. The largest absolute Gasteiger partial charge is 0.508 e. The Morgan fingerprint density at radius 1 is 0.660 bits per heavy atom. The zero-order chi connectivity index (χ0) is 36.0. The van der Waals surface area contributed by atoms with Crippen LogP contribution in [0.2, 0.25) is 0 Å². The summed E-state index contributed by atoms with van der Waals surface area (Å²) < 4.78 is 47.4. The number of fused-ring (bicyclic) bond motifs is 1. The molecule has 17 N–H and O–H groups in total. The Bertz CT molecular complexity index is 1260. The molecule has 5 fully saturated rings. The predicted octanol–water partition coefficient (Wildman–Crippen LogP) is -6.40. The molecule has 50 heavy (non-hydrogen) atoms. The van der Waals surface area contributed by atoms with Gasteiger partial charge in [0.05, 0.1) is 31.4 Å². The van der Waals surface area contributed by atoms with Crippen LogP contribution in [0.25, 0.3) is 0 Å². The molecular weight excluding hydrogens is 670 g/mol. The molecule has 5 aliphatic rings. The van der Waals surface area contributed by atoms with Crippen LogP contribution in [-0.2, 0) is 37.9 Å². The average molecular weight is 720 g/mol. The van der Waals surface area contributed by atoms with Crippen molar-refractivity contribution in [2.45, 2.75) is 129 Å². The van der Waals surface area contributed by atoms with E-state index in [9.17, 15) is 35.7 Å². The molecule has 20 nitrogen and oxygen atoms in total. The topological polar surface area (TPSA) is 346 Å². The molecule has 0 radical (unpaired) electrons. The molecule has 6 rings (SSSR count). The second kappa shape index (κ2) is 15.7. The Labute approximate surface area is 286 Å². The number of benzene rings is 1. The van der Waals surface area contributed by atoms with Crippen LogP contribution >= 0.6 is 0 Å². The van der Waals surface area contributed by atoms with Crippen LogP contribution in [0.1, 0.15) is 18.3 Å². The van der Waals surface area contributed by atoms with Gasteiger partial charge in [0.25, 0.3) is 0 Å². The molecule has 1 saturated carbocycles. The Morgan fingerprint density at radius 3 is 1.96 bits per heavy atom. The Hall–Kier alpha value is -1.74. The van der Waals surface area contributed by atoms with Crippen LogP contribution < -0.4 is 28.7 Å². The summed E-state index contributed by atoms with van der Waals surface area (Å²) in [6.07, 6.45) is -19.8. The van der Waals surface area contributed by atoms with Crippen molar-refractivity contribution in [1.82, 2.24) is 0 Å². The normalized spacial score (nSPS) is 49.8. The number of nitrogens with two attached hydrogens (primary N) is 5. The monoisotopic (exact) mass is 719 g/mol. The highest BCUT2D eigenvalue weighted by Gasteiger charge is 2.55. The maximum Gasteiger partial charge on any atom is 0.187 e. The van der Waals surface area contributed by atoms with Crippen LogP contribution in [0, 0.1) is 0 Å². The SMILES string of the molecule is NC[C@H]1O[C@@H](O[C@H]2[C@@H](O)[C@H](O[C@H]3[C@H](O)[C@@H](N)C[C@@H](N)[C@@H]3O[C@H]3O[C@@H]4CO[C@@H](c5ccc(O)cc5)O[C@H]4[C@H](O)[C@H]3N)O[C@@H]2CO)[C@@H](N)[C@H](O)[C@H]1O. The highest BCUT2D eigenvalue weighted by atomic mass is 16.8. The molecule has 0 spiro atoms. The summed E-state index contributed by atoms with van der Waals surface area (Å²) in [5.41, 5.74) is 31.3. The molecule has 1 aromatic rings. The van der Waals surface area contributed by atoms with E-state index in [4.69, 9.17) is 66.6 Å². The first-order valence-corrected chi connectivity index (χ1v) is 16.5. The summed E-state index contributed by atoms with van der Waals surface area (Å²) in [4.78, 5) is 0. The Balaban J connectivity index is 1.13. The summed E-state index contributed by atoms with van der Waals surface area (Å²) in [6, 6.07) is 2.06. The lowest BCUT2D eigenvalue weighted by Crippen LogP contribution is -2.69. The third kappa shape index (κ3) is 7.39. The summed E-state index contributed by atoms with van der Waals surface area (Å²) in [7, 11) is 0. The van der Waals surface area contributed by atoms with Crippen LogP contribution in [0.15, 0.2) is 24.3 Å². The lowest BCUT2D eigenvalue weighted by atomic mass is 9.84. The van der Waals surface area contributed by atoms with E-state index in [1.807, 2.05) is 0 Å². The number of aliphatic hydroxyl groups excluding tert-OH is 6. The van der Waals surface area contributed by atoms with E-state index in [1.165, 1.54) is 12.1 Å². The van der Waals surface area contributed by atoms with E-state index in [2.05, 4.69) is 0 Å². The minimum atomic E-state index is -1.61. The number of phenols is 1. The molecule has 0 unspecified atom stereocenters. The highest BCUT2D eigenvalue weighted by Crippen LogP contribution is 2.37. The van der Waals surface area contributed by atoms with Crippen molar-refractivity contribution in [3.05, 3.63) is 29.8 Å². The van der Waals surface area contributed by atoms with Crippen LogP contribution in [0.5, 0.6) is 5.75 Å². The van der Waals surface area contributed by atoms with Crippen molar-refractivity contribution in [2.24, 2.45) is 28.7 Å². The smallest absolute Gasteiger partial charge is 0.187 e. The van der Waals surface area contributed by atoms with Gasteiger partial charge in [0, 0.05) is 24.2 Å². The van der Waals surface area contributed by atoms with Gasteiger partial charge in [-0.15, -0.1) is 0 Å². The highest BCUT2D eigenvalue weighted by molar-refractivity contribution is 5.27. The number of hydrogen-bond donors (Lipinski definition) is 12. The summed E-state index contributed by atoms with van der Waals surface area (Å²) >= 11 is 0. The third-order valence-electron chi connectivity index (χ3n) is 9.97. The van der Waals surface area contributed by atoms with Crippen molar-refractivity contribution in [3.8, 4) is 5.75 Å². The quantitative estimate of drug-likeness (QED) is 0.113. The molecule has 4 heterocycles. The number of rotatable bonds is 9. The van der Waals surface area contributed by atoms with Gasteiger partial charge in [0.1, 0.15) is 72.9 Å². The van der Waals surface area contributed by atoms with Crippen molar-refractivity contribution >= 4 is 0 Å². The molecule has 20 heteroatoms. The van der Waals surface area contributed by atoms with Gasteiger partial charge in [-0.3, -0.25) is 0 Å². The van der Waals surface area contributed by atoms with Gasteiger partial charge in [0.15, 0.2) is 25.2 Å². The average Bonchev–Trinajstić information content (AvgIpc) is 3.40. The van der Waals surface area contributed by atoms with Crippen LogP contribution in [-0.4, -0.2) is 172 Å². The molecule has 1 aliphatic carbocycles. The van der Waals surface area contributed by atoms with Crippen molar-refractivity contribution < 1.29 is 73.6 Å². The predicted molar refractivity (Wildman–Crippen MR) is 165 cm³/mol. The molecule has 0 amide bonds. The van der Waals surface area contributed by atoms with Gasteiger partial charge >= 0.3 is 0 Å². The Kier molecular flexibility index (Phi) is 11.9. The second-order valence-corrected chi connectivity index (χ2v) is 13.4. The minimum Gasteiger partial charge on any atom is -0.508 e. The number of aromatic hydroxyl groups is 1. The lowest BCUT2D eigenvalue weighted by molar-refractivity contribution is -0.356. The molecule has 20 atom stereocenters. The summed E-state index contributed by atoms with van der Waals surface area (Å²) in [6.45, 7) is -0.824. The molecule has 284 valence electrons. The van der Waals surface area contributed by atoms with Crippen molar-refractivity contribution in [2.75, 3.05) is 19.8 Å². The van der Waals surface area contributed by atoms with Gasteiger partial charge in [-0.25, -0.2) is 0 Å². The first kappa shape index (κ1) is 38.0. The summed E-state index contributed by atoms with van der Waals surface area (Å²) in [5.74, 6) is 0.0668. The number of phenolic OH excluding ortho intramolecular Hbond substituents is 1. The maximum absolute atomic E-state index is 11.3. The number of ether oxygens (including phenoxy) is 8.